The monoisotopic (exact) mass is 307 g/mol. The SMILES string of the molecule is CCC(C)(CC)C1CCCCC(N2C(=O)CCC2=O)CCC1. The van der Waals surface area contributed by atoms with Crippen molar-refractivity contribution in [3.8, 4) is 0 Å². The smallest absolute Gasteiger partial charge is 0.229 e. The molecule has 2 fully saturated rings. The number of carbonyl (C=O) groups excluding carboxylic acids is 2. The summed E-state index contributed by atoms with van der Waals surface area (Å²) in [5, 5.41) is 0. The molecule has 1 aliphatic heterocycles. The first kappa shape index (κ1) is 17.5. The predicted molar refractivity (Wildman–Crippen MR) is 89.4 cm³/mol. The van der Waals surface area contributed by atoms with Crippen LogP contribution in [0.15, 0.2) is 0 Å². The first-order chi connectivity index (χ1) is 10.5. The Morgan fingerprint density at radius 1 is 0.909 bits per heavy atom. The van der Waals surface area contributed by atoms with E-state index in [0.29, 0.717) is 18.3 Å². The van der Waals surface area contributed by atoms with Crippen molar-refractivity contribution in [2.24, 2.45) is 11.3 Å². The molecule has 1 saturated heterocycles. The molecule has 0 radical (unpaired) electrons. The van der Waals surface area contributed by atoms with Crippen LogP contribution in [-0.2, 0) is 9.59 Å². The molecule has 0 aromatic rings. The van der Waals surface area contributed by atoms with Gasteiger partial charge < -0.3 is 0 Å². The quantitative estimate of drug-likeness (QED) is 0.706. The van der Waals surface area contributed by atoms with Crippen molar-refractivity contribution in [1.29, 1.82) is 0 Å². The van der Waals surface area contributed by atoms with Crippen LogP contribution in [0.25, 0.3) is 0 Å². The van der Waals surface area contributed by atoms with E-state index in [2.05, 4.69) is 20.8 Å². The molecule has 22 heavy (non-hydrogen) atoms. The van der Waals surface area contributed by atoms with Gasteiger partial charge in [0.25, 0.3) is 0 Å². The van der Waals surface area contributed by atoms with E-state index in [4.69, 9.17) is 0 Å². The van der Waals surface area contributed by atoms with Crippen LogP contribution in [0, 0.1) is 11.3 Å². The lowest BCUT2D eigenvalue weighted by Crippen LogP contribution is -2.39. The molecule has 0 aromatic carbocycles. The standard InChI is InChI=1S/C19H33NO2/c1-4-19(3,5-2)15-9-6-7-11-16(12-8-10-15)20-17(21)13-14-18(20)22/h15-16H,4-14H2,1-3H3. The molecule has 3 heteroatoms. The van der Waals surface area contributed by atoms with Crippen molar-refractivity contribution in [2.75, 3.05) is 0 Å². The van der Waals surface area contributed by atoms with E-state index < -0.39 is 0 Å². The maximum absolute atomic E-state index is 12.0. The van der Waals surface area contributed by atoms with Gasteiger partial charge >= 0.3 is 0 Å². The average molecular weight is 307 g/mol. The average Bonchev–Trinajstić information content (AvgIpc) is 2.91. The molecule has 1 aliphatic carbocycles. The number of likely N-dealkylation sites (tertiary alicyclic amines) is 1. The largest absolute Gasteiger partial charge is 0.280 e. The van der Waals surface area contributed by atoms with Crippen LogP contribution in [0.4, 0.5) is 0 Å². The minimum absolute atomic E-state index is 0.0674. The van der Waals surface area contributed by atoms with E-state index >= 15 is 0 Å². The van der Waals surface area contributed by atoms with Gasteiger partial charge in [0.15, 0.2) is 0 Å². The number of carbonyl (C=O) groups is 2. The molecule has 0 bridgehead atoms. The molecular formula is C19H33NO2. The Morgan fingerprint density at radius 2 is 1.41 bits per heavy atom. The lowest BCUT2D eigenvalue weighted by molar-refractivity contribution is -0.141. The number of imide groups is 1. The van der Waals surface area contributed by atoms with Crippen LogP contribution in [0.3, 0.4) is 0 Å². The highest BCUT2D eigenvalue weighted by Crippen LogP contribution is 2.42. The predicted octanol–water partition coefficient (Wildman–Crippen LogP) is 4.69. The van der Waals surface area contributed by atoms with Gasteiger partial charge in [0.1, 0.15) is 0 Å². The van der Waals surface area contributed by atoms with Gasteiger partial charge in [0.2, 0.25) is 11.8 Å². The van der Waals surface area contributed by atoms with Gasteiger partial charge in [0.05, 0.1) is 0 Å². The van der Waals surface area contributed by atoms with Crippen molar-refractivity contribution in [1.82, 2.24) is 4.90 Å². The maximum atomic E-state index is 12.0. The van der Waals surface area contributed by atoms with E-state index in [1.54, 1.807) is 4.90 Å². The normalized spacial score (nSPS) is 28.4. The highest BCUT2D eigenvalue weighted by molar-refractivity contribution is 6.02. The maximum Gasteiger partial charge on any atom is 0.229 e. The van der Waals surface area contributed by atoms with Crippen molar-refractivity contribution in [2.45, 2.75) is 97.4 Å². The summed E-state index contributed by atoms with van der Waals surface area (Å²) in [6.45, 7) is 7.08. The Balaban J connectivity index is 2.00. The summed E-state index contributed by atoms with van der Waals surface area (Å²) in [4.78, 5) is 25.6. The summed E-state index contributed by atoms with van der Waals surface area (Å²) in [5.74, 6) is 0.932. The molecular weight excluding hydrogens is 274 g/mol. The second-order valence-electron chi connectivity index (χ2n) is 7.58. The van der Waals surface area contributed by atoms with Gasteiger partial charge in [-0.15, -0.1) is 0 Å². The fraction of sp³-hybridized carbons (Fsp3) is 0.895. The second-order valence-corrected chi connectivity index (χ2v) is 7.58. The fourth-order valence-electron chi connectivity index (χ4n) is 4.44. The Kier molecular flexibility index (Phi) is 6.05. The van der Waals surface area contributed by atoms with Gasteiger partial charge in [0, 0.05) is 18.9 Å². The van der Waals surface area contributed by atoms with E-state index in [9.17, 15) is 9.59 Å². The molecule has 2 unspecified atom stereocenters. The second kappa shape index (κ2) is 7.61. The van der Waals surface area contributed by atoms with Gasteiger partial charge in [-0.25, -0.2) is 0 Å². The minimum Gasteiger partial charge on any atom is -0.280 e. The molecule has 0 spiro atoms. The molecule has 126 valence electrons. The van der Waals surface area contributed by atoms with Crippen molar-refractivity contribution in [3.63, 3.8) is 0 Å². The van der Waals surface area contributed by atoms with E-state index in [0.717, 1.165) is 31.6 Å². The zero-order valence-corrected chi connectivity index (χ0v) is 14.7. The molecule has 1 heterocycles. The summed E-state index contributed by atoms with van der Waals surface area (Å²) in [6, 6.07) is 0.177. The Labute approximate surface area is 135 Å². The van der Waals surface area contributed by atoms with Crippen molar-refractivity contribution < 1.29 is 9.59 Å². The summed E-state index contributed by atoms with van der Waals surface area (Å²) in [6.07, 6.45) is 11.5. The molecule has 2 amide bonds. The van der Waals surface area contributed by atoms with E-state index in [1.807, 2.05) is 0 Å². The van der Waals surface area contributed by atoms with Crippen LogP contribution in [-0.4, -0.2) is 22.8 Å². The first-order valence-corrected chi connectivity index (χ1v) is 9.36. The summed E-state index contributed by atoms with van der Waals surface area (Å²) in [7, 11) is 0. The van der Waals surface area contributed by atoms with Crippen LogP contribution in [0.5, 0.6) is 0 Å². The number of nitrogens with zero attached hydrogens (tertiary/aromatic N) is 1. The molecule has 0 N–H and O–H groups in total. The topological polar surface area (TPSA) is 37.4 Å². The third-order valence-electron chi connectivity index (χ3n) is 6.49. The number of rotatable bonds is 4. The summed E-state index contributed by atoms with van der Waals surface area (Å²) < 4.78 is 0. The molecule has 0 aromatic heterocycles. The summed E-state index contributed by atoms with van der Waals surface area (Å²) in [5.41, 5.74) is 0.457. The van der Waals surface area contributed by atoms with Gasteiger partial charge in [-0.2, -0.15) is 0 Å². The Morgan fingerprint density at radius 3 is 2.00 bits per heavy atom. The molecule has 1 saturated carbocycles. The summed E-state index contributed by atoms with van der Waals surface area (Å²) >= 11 is 0. The zero-order valence-electron chi connectivity index (χ0n) is 14.7. The van der Waals surface area contributed by atoms with Gasteiger partial charge in [-0.3, -0.25) is 14.5 Å². The van der Waals surface area contributed by atoms with E-state index in [-0.39, 0.29) is 17.9 Å². The minimum atomic E-state index is 0.0674. The van der Waals surface area contributed by atoms with Crippen molar-refractivity contribution in [3.05, 3.63) is 0 Å². The highest BCUT2D eigenvalue weighted by atomic mass is 16.2. The Hall–Kier alpha value is -0.860. The first-order valence-electron chi connectivity index (χ1n) is 9.36. The van der Waals surface area contributed by atoms with Crippen molar-refractivity contribution >= 4 is 11.8 Å². The zero-order chi connectivity index (χ0) is 16.2. The third-order valence-corrected chi connectivity index (χ3v) is 6.49. The lowest BCUT2D eigenvalue weighted by atomic mass is 9.69. The molecule has 2 rings (SSSR count). The van der Waals surface area contributed by atoms with Crippen LogP contribution in [0.1, 0.15) is 91.4 Å². The molecule has 3 nitrogen and oxygen atoms in total. The van der Waals surface area contributed by atoms with Crippen LogP contribution >= 0.6 is 0 Å². The van der Waals surface area contributed by atoms with Crippen LogP contribution < -0.4 is 0 Å². The fourth-order valence-corrected chi connectivity index (χ4v) is 4.44. The van der Waals surface area contributed by atoms with E-state index in [1.165, 1.54) is 32.1 Å². The third kappa shape index (κ3) is 3.72. The number of hydrogen-bond acceptors (Lipinski definition) is 2. The van der Waals surface area contributed by atoms with Gasteiger partial charge in [-0.05, 0) is 37.0 Å². The number of amides is 2. The Bertz CT molecular complexity index is 384. The number of hydrogen-bond donors (Lipinski definition) is 0. The van der Waals surface area contributed by atoms with Crippen LogP contribution in [0.2, 0.25) is 0 Å². The molecule has 2 atom stereocenters. The van der Waals surface area contributed by atoms with Gasteiger partial charge in [-0.1, -0.05) is 52.9 Å². The lowest BCUT2D eigenvalue weighted by Gasteiger charge is -2.36. The molecule has 2 aliphatic rings. The highest BCUT2D eigenvalue weighted by Gasteiger charge is 2.36.